The van der Waals surface area contributed by atoms with Crippen LogP contribution in [0.5, 0.6) is 0 Å². The van der Waals surface area contributed by atoms with Crippen LogP contribution in [-0.4, -0.2) is 8.07 Å². The molecule has 0 nitrogen and oxygen atoms in total. The van der Waals surface area contributed by atoms with Gasteiger partial charge in [-0.3, -0.25) is 0 Å². The zero-order chi connectivity index (χ0) is 32.9. The summed E-state index contributed by atoms with van der Waals surface area (Å²) in [5.74, 6) is 2.93. The van der Waals surface area contributed by atoms with E-state index in [0.29, 0.717) is 40.2 Å². The van der Waals surface area contributed by atoms with E-state index in [-0.39, 0.29) is 10.8 Å². The quantitative estimate of drug-likeness (QED) is 0.201. The molecule has 6 unspecified atom stereocenters. The summed E-state index contributed by atoms with van der Waals surface area (Å²) < 4.78 is 0. The molecule has 46 heavy (non-hydrogen) atoms. The fourth-order valence-electron chi connectivity index (χ4n) is 10.3. The number of allylic oxidation sites excluding steroid dienone is 9. The summed E-state index contributed by atoms with van der Waals surface area (Å²) in [6.45, 7) is 23.6. The molecule has 1 heteroatoms. The van der Waals surface area contributed by atoms with Crippen LogP contribution in [0.2, 0.25) is 11.1 Å². The molecule has 4 aliphatic carbocycles. The summed E-state index contributed by atoms with van der Waals surface area (Å²) in [6, 6.07) is 24.1. The summed E-state index contributed by atoms with van der Waals surface area (Å²) in [5, 5.41) is 3.33. The van der Waals surface area contributed by atoms with E-state index in [1.165, 1.54) is 36.8 Å². The number of hydrogen-bond acceptors (Lipinski definition) is 0. The van der Waals surface area contributed by atoms with Crippen molar-refractivity contribution in [2.24, 2.45) is 45.8 Å². The largest absolute Gasteiger partial charge is 0.125 e. The Morgan fingerprint density at radius 3 is 1.59 bits per heavy atom. The van der Waals surface area contributed by atoms with Crippen molar-refractivity contribution in [1.82, 2.24) is 0 Å². The number of benzene rings is 2. The van der Waals surface area contributed by atoms with Gasteiger partial charge in [-0.2, -0.15) is 0 Å². The third-order valence-electron chi connectivity index (χ3n) is 12.8. The van der Waals surface area contributed by atoms with Gasteiger partial charge in [0.25, 0.3) is 0 Å². The maximum atomic E-state index is 4.08. The minimum atomic E-state index is -2.40. The molecule has 0 N–H and O–H groups in total. The van der Waals surface area contributed by atoms with Crippen LogP contribution in [0.3, 0.4) is 0 Å². The lowest BCUT2D eigenvalue weighted by atomic mass is 9.74. The van der Waals surface area contributed by atoms with Crippen molar-refractivity contribution >= 4 is 18.4 Å². The van der Waals surface area contributed by atoms with E-state index < -0.39 is 8.07 Å². The van der Waals surface area contributed by atoms with Gasteiger partial charge in [0.05, 0.1) is 0 Å². The van der Waals surface area contributed by atoms with Crippen molar-refractivity contribution in [3.63, 3.8) is 0 Å². The molecule has 2 aromatic carbocycles. The first-order valence-electron chi connectivity index (χ1n) is 18.3. The van der Waals surface area contributed by atoms with Gasteiger partial charge < -0.3 is 0 Å². The third kappa shape index (κ3) is 5.84. The van der Waals surface area contributed by atoms with E-state index in [2.05, 4.69) is 165 Å². The topological polar surface area (TPSA) is 0 Å². The predicted octanol–water partition coefficient (Wildman–Crippen LogP) is 11.3. The van der Waals surface area contributed by atoms with Gasteiger partial charge >= 0.3 is 0 Å². The standard InChI is InChI=1S/C45H60Si/c1-10-11-28-45(8,9)34-22-25-37(29-34)46(35-18-14-12-15-19-35,36-20-16-13-17-21-36)42-40-30-32(43(2,3)4)23-26-38(40)39-27-24-33(31-41(39)42)44(5,6)7/h10,12-21,23-24,26-27,30-31,34,37-42H,1,11,22,25,28-29H2,2-9H3. The molecule has 2 saturated carbocycles. The van der Waals surface area contributed by atoms with Crippen molar-refractivity contribution in [1.29, 1.82) is 0 Å². The molecule has 0 amide bonds. The predicted molar refractivity (Wildman–Crippen MR) is 203 cm³/mol. The molecule has 0 heterocycles. The summed E-state index contributed by atoms with van der Waals surface area (Å²) >= 11 is 0. The van der Waals surface area contributed by atoms with Crippen LogP contribution < -0.4 is 10.4 Å². The van der Waals surface area contributed by atoms with Crippen LogP contribution in [-0.2, 0) is 0 Å². The Labute approximate surface area is 282 Å². The molecule has 0 radical (unpaired) electrons. The highest BCUT2D eigenvalue weighted by Crippen LogP contribution is 2.64. The van der Waals surface area contributed by atoms with Gasteiger partial charge in [0.2, 0.25) is 0 Å². The zero-order valence-electron chi connectivity index (χ0n) is 30.1. The van der Waals surface area contributed by atoms with Gasteiger partial charge in [0, 0.05) is 0 Å². The molecular weight excluding hydrogens is 569 g/mol. The summed E-state index contributed by atoms with van der Waals surface area (Å²) in [4.78, 5) is 0. The molecule has 0 aromatic heterocycles. The Hall–Kier alpha value is -2.64. The van der Waals surface area contributed by atoms with Crippen LogP contribution in [0.25, 0.3) is 0 Å². The van der Waals surface area contributed by atoms with E-state index in [4.69, 9.17) is 0 Å². The van der Waals surface area contributed by atoms with E-state index in [9.17, 15) is 0 Å². The first-order valence-corrected chi connectivity index (χ1v) is 20.5. The molecule has 6 rings (SSSR count). The van der Waals surface area contributed by atoms with Crippen molar-refractivity contribution in [2.75, 3.05) is 0 Å². The van der Waals surface area contributed by atoms with Crippen LogP contribution in [0, 0.1) is 45.8 Å². The summed E-state index contributed by atoms with van der Waals surface area (Å²) in [7, 11) is -2.40. The monoisotopic (exact) mass is 628 g/mol. The normalized spacial score (nSPS) is 29.6. The SMILES string of the molecule is C=CCCC(C)(C)C1CCC([Si](c2ccccc2)(c2ccccc2)C2C3C=C(C(C)(C)C)C=CC3C3C=CC(C(C)(C)C)=CC32)C1. The zero-order valence-corrected chi connectivity index (χ0v) is 31.1. The van der Waals surface area contributed by atoms with Crippen LogP contribution in [0.15, 0.2) is 121 Å². The molecule has 0 aliphatic heterocycles. The molecule has 2 fully saturated rings. The summed E-state index contributed by atoms with van der Waals surface area (Å²) in [6.07, 6.45) is 24.4. The van der Waals surface area contributed by atoms with Gasteiger partial charge in [-0.1, -0.05) is 175 Å². The second kappa shape index (κ2) is 12.4. The second-order valence-electron chi connectivity index (χ2n) is 17.9. The van der Waals surface area contributed by atoms with E-state index in [0.717, 1.165) is 12.3 Å². The lowest BCUT2D eigenvalue weighted by Gasteiger charge is -2.49. The molecule has 244 valence electrons. The second-order valence-corrected chi connectivity index (χ2v) is 22.3. The molecule has 4 aliphatic rings. The van der Waals surface area contributed by atoms with Gasteiger partial charge in [-0.15, -0.1) is 6.58 Å². The fourth-order valence-corrected chi connectivity index (χ4v) is 17.5. The Morgan fingerprint density at radius 1 is 0.674 bits per heavy atom. The Morgan fingerprint density at radius 2 is 1.15 bits per heavy atom. The summed E-state index contributed by atoms with van der Waals surface area (Å²) in [5.41, 5.74) is 4.97. The molecular formula is C45H60Si. The Balaban J connectivity index is 1.61. The van der Waals surface area contributed by atoms with Gasteiger partial charge in [0.15, 0.2) is 0 Å². The molecule has 2 aromatic rings. The first-order chi connectivity index (χ1) is 21.8. The maximum absolute atomic E-state index is 4.08. The lowest BCUT2D eigenvalue weighted by Crippen LogP contribution is -2.66. The number of fused-ring (bicyclic) bond motifs is 3. The van der Waals surface area contributed by atoms with Crippen molar-refractivity contribution in [3.8, 4) is 0 Å². The van der Waals surface area contributed by atoms with Crippen LogP contribution >= 0.6 is 0 Å². The van der Waals surface area contributed by atoms with Crippen molar-refractivity contribution < 1.29 is 0 Å². The Kier molecular flexibility index (Phi) is 8.99. The van der Waals surface area contributed by atoms with E-state index in [1.54, 1.807) is 10.4 Å². The number of hydrogen-bond donors (Lipinski definition) is 0. The Bertz CT molecular complexity index is 1410. The third-order valence-corrected chi connectivity index (χ3v) is 19.0. The van der Waals surface area contributed by atoms with Crippen molar-refractivity contribution in [2.45, 2.75) is 98.6 Å². The minimum absolute atomic E-state index is 0.138. The molecule has 6 atom stereocenters. The smallest absolute Gasteiger partial charge is 0.103 e. The van der Waals surface area contributed by atoms with Gasteiger partial charge in [-0.05, 0) is 93.7 Å². The molecule has 0 saturated heterocycles. The average molecular weight is 629 g/mol. The van der Waals surface area contributed by atoms with Gasteiger partial charge in [-0.25, -0.2) is 0 Å². The minimum Gasteiger partial charge on any atom is -0.103 e. The lowest BCUT2D eigenvalue weighted by molar-refractivity contribution is 0.200. The molecule has 0 spiro atoms. The highest BCUT2D eigenvalue weighted by molar-refractivity contribution is 7.04. The van der Waals surface area contributed by atoms with E-state index in [1.807, 2.05) is 0 Å². The van der Waals surface area contributed by atoms with Crippen LogP contribution in [0.1, 0.15) is 87.5 Å². The number of rotatable bonds is 8. The van der Waals surface area contributed by atoms with Gasteiger partial charge in [0.1, 0.15) is 8.07 Å². The molecule has 0 bridgehead atoms. The van der Waals surface area contributed by atoms with Crippen LogP contribution in [0.4, 0.5) is 0 Å². The van der Waals surface area contributed by atoms with E-state index >= 15 is 0 Å². The fraction of sp³-hybridized carbons (Fsp3) is 0.511. The maximum Gasteiger partial charge on any atom is 0.125 e. The highest BCUT2D eigenvalue weighted by atomic mass is 28.3. The first kappa shape index (κ1) is 33.3. The average Bonchev–Trinajstić information content (AvgIpc) is 3.65. The van der Waals surface area contributed by atoms with Crippen molar-refractivity contribution in [3.05, 3.63) is 121 Å². The highest BCUT2D eigenvalue weighted by Gasteiger charge is 2.62.